The van der Waals surface area contributed by atoms with E-state index in [9.17, 15) is 19.5 Å². The average molecular weight is 256 g/mol. The van der Waals surface area contributed by atoms with Crippen LogP contribution in [0.2, 0.25) is 0 Å². The van der Waals surface area contributed by atoms with Crippen molar-refractivity contribution in [1.82, 2.24) is 9.13 Å². The van der Waals surface area contributed by atoms with E-state index >= 15 is 0 Å². The highest BCUT2D eigenvalue weighted by Gasteiger charge is 2.15. The van der Waals surface area contributed by atoms with Crippen LogP contribution in [0.15, 0.2) is 9.59 Å². The fourth-order valence-electron chi connectivity index (χ4n) is 1.44. The molecule has 1 rings (SSSR count). The Labute approximate surface area is 103 Å². The van der Waals surface area contributed by atoms with Crippen molar-refractivity contribution in [3.63, 3.8) is 0 Å². The molecule has 0 aliphatic carbocycles. The summed E-state index contributed by atoms with van der Waals surface area (Å²) in [6.07, 6.45) is 0.660. The van der Waals surface area contributed by atoms with Crippen LogP contribution in [0.25, 0.3) is 0 Å². The number of hydrogen-bond donors (Lipinski definition) is 1. The van der Waals surface area contributed by atoms with Crippen LogP contribution in [0.4, 0.5) is 0 Å². The molecule has 0 fully saturated rings. The lowest BCUT2D eigenvalue weighted by Gasteiger charge is -2.10. The normalized spacial score (nSPS) is 10.4. The van der Waals surface area contributed by atoms with Gasteiger partial charge in [-0.2, -0.15) is 0 Å². The minimum absolute atomic E-state index is 0.0143. The minimum Gasteiger partial charge on any atom is -0.494 e. The average Bonchev–Trinajstić information content (AvgIpc) is 2.36. The van der Waals surface area contributed by atoms with Gasteiger partial charge in [-0.15, -0.1) is 0 Å². The number of nitrogens with zero attached hydrogens (tertiary/aromatic N) is 2. The van der Waals surface area contributed by atoms with Crippen LogP contribution in [0.1, 0.15) is 18.9 Å². The lowest BCUT2D eigenvalue weighted by Crippen LogP contribution is -2.42. The van der Waals surface area contributed by atoms with Crippen LogP contribution in [0.3, 0.4) is 0 Å². The zero-order valence-corrected chi connectivity index (χ0v) is 10.6. The molecule has 1 aromatic heterocycles. The molecule has 0 unspecified atom stereocenters. The molecule has 0 spiro atoms. The van der Waals surface area contributed by atoms with Gasteiger partial charge in [-0.25, -0.2) is 9.36 Å². The number of aromatic hydroxyl groups is 1. The summed E-state index contributed by atoms with van der Waals surface area (Å²) in [5.41, 5.74) is -1.43. The molecular weight excluding hydrogens is 240 g/mol. The number of esters is 1. The summed E-state index contributed by atoms with van der Waals surface area (Å²) in [7, 11) is 1.32. The van der Waals surface area contributed by atoms with Crippen LogP contribution < -0.4 is 11.2 Å². The first-order valence-electron chi connectivity index (χ1n) is 5.55. The Kier molecular flexibility index (Phi) is 4.30. The molecule has 0 atom stereocenters. The Morgan fingerprint density at radius 1 is 1.39 bits per heavy atom. The summed E-state index contributed by atoms with van der Waals surface area (Å²) in [5, 5.41) is 9.50. The second-order valence-corrected chi connectivity index (χ2v) is 3.90. The Bertz CT molecular complexity index is 533. The lowest BCUT2D eigenvalue weighted by molar-refractivity contribution is -0.144. The SMILES string of the molecule is CCCOC(=O)Cn1c(=O)c(C)c(O)n(C)c1=O. The Balaban J connectivity index is 3.15. The van der Waals surface area contributed by atoms with Gasteiger partial charge in [0.25, 0.3) is 5.56 Å². The summed E-state index contributed by atoms with van der Waals surface area (Å²) in [6.45, 7) is 3.01. The third-order valence-corrected chi connectivity index (χ3v) is 2.49. The second-order valence-electron chi connectivity index (χ2n) is 3.90. The van der Waals surface area contributed by atoms with Crippen LogP contribution >= 0.6 is 0 Å². The van der Waals surface area contributed by atoms with E-state index in [0.717, 1.165) is 9.13 Å². The second kappa shape index (κ2) is 5.52. The molecule has 1 aromatic rings. The van der Waals surface area contributed by atoms with E-state index in [2.05, 4.69) is 0 Å². The number of carbonyl (C=O) groups is 1. The van der Waals surface area contributed by atoms with E-state index < -0.39 is 29.6 Å². The summed E-state index contributed by atoms with van der Waals surface area (Å²) < 4.78 is 6.46. The monoisotopic (exact) mass is 256 g/mol. The van der Waals surface area contributed by atoms with Gasteiger partial charge in [-0.3, -0.25) is 14.2 Å². The molecule has 7 nitrogen and oxygen atoms in total. The third kappa shape index (κ3) is 2.61. The molecule has 7 heteroatoms. The molecule has 0 saturated heterocycles. The largest absolute Gasteiger partial charge is 0.494 e. The molecule has 18 heavy (non-hydrogen) atoms. The van der Waals surface area contributed by atoms with Crippen molar-refractivity contribution in [1.29, 1.82) is 0 Å². The van der Waals surface area contributed by atoms with Crippen molar-refractivity contribution in [3.8, 4) is 5.88 Å². The number of hydrogen-bond acceptors (Lipinski definition) is 5. The standard InChI is InChI=1S/C11H16N2O5/c1-4-5-18-8(14)6-13-10(16)7(2)9(15)12(3)11(13)17/h15H,4-6H2,1-3H3. The van der Waals surface area contributed by atoms with Crippen molar-refractivity contribution in [2.24, 2.45) is 7.05 Å². The molecule has 0 amide bonds. The first-order valence-corrected chi connectivity index (χ1v) is 5.55. The summed E-state index contributed by atoms with van der Waals surface area (Å²) in [5.74, 6) is -1.05. The van der Waals surface area contributed by atoms with Crippen molar-refractivity contribution in [3.05, 3.63) is 26.4 Å². The highest BCUT2D eigenvalue weighted by molar-refractivity contribution is 5.69. The fraction of sp³-hybridized carbons (Fsp3) is 0.545. The molecule has 1 N–H and O–H groups in total. The van der Waals surface area contributed by atoms with E-state index in [4.69, 9.17) is 4.74 Å². The van der Waals surface area contributed by atoms with Crippen molar-refractivity contribution in [2.45, 2.75) is 26.8 Å². The highest BCUT2D eigenvalue weighted by atomic mass is 16.5. The van der Waals surface area contributed by atoms with Gasteiger partial charge in [0.2, 0.25) is 5.88 Å². The van der Waals surface area contributed by atoms with Gasteiger partial charge in [0.15, 0.2) is 0 Å². The number of aromatic nitrogens is 2. The Morgan fingerprint density at radius 2 is 2.00 bits per heavy atom. The van der Waals surface area contributed by atoms with Crippen LogP contribution in [0, 0.1) is 6.92 Å². The minimum atomic E-state index is -0.753. The molecule has 0 radical (unpaired) electrons. The molecule has 0 aliphatic rings. The van der Waals surface area contributed by atoms with Gasteiger partial charge in [-0.1, -0.05) is 6.92 Å². The summed E-state index contributed by atoms with van der Waals surface area (Å²) in [6, 6.07) is 0. The van der Waals surface area contributed by atoms with E-state index in [1.807, 2.05) is 6.92 Å². The first kappa shape index (κ1) is 14.0. The zero-order valence-electron chi connectivity index (χ0n) is 10.6. The number of carbonyl (C=O) groups excluding carboxylic acids is 1. The van der Waals surface area contributed by atoms with E-state index in [0.29, 0.717) is 6.42 Å². The van der Waals surface area contributed by atoms with Crippen LogP contribution in [0.5, 0.6) is 5.88 Å². The van der Waals surface area contributed by atoms with Gasteiger partial charge in [0.05, 0.1) is 12.2 Å². The lowest BCUT2D eigenvalue weighted by atomic mass is 10.3. The third-order valence-electron chi connectivity index (χ3n) is 2.49. The first-order chi connectivity index (χ1) is 8.40. The van der Waals surface area contributed by atoms with Crippen LogP contribution in [-0.4, -0.2) is 26.8 Å². The predicted molar refractivity (Wildman–Crippen MR) is 63.6 cm³/mol. The molecule has 0 bridgehead atoms. The molecule has 0 saturated carbocycles. The van der Waals surface area contributed by atoms with Gasteiger partial charge in [0, 0.05) is 7.05 Å². The molecule has 0 aliphatic heterocycles. The van der Waals surface area contributed by atoms with Gasteiger partial charge < -0.3 is 9.84 Å². The molecule has 1 heterocycles. The molecule has 100 valence electrons. The van der Waals surface area contributed by atoms with E-state index in [1.54, 1.807) is 0 Å². The summed E-state index contributed by atoms with van der Waals surface area (Å²) >= 11 is 0. The molecule has 0 aromatic carbocycles. The van der Waals surface area contributed by atoms with E-state index in [1.165, 1.54) is 14.0 Å². The Morgan fingerprint density at radius 3 is 2.56 bits per heavy atom. The topological polar surface area (TPSA) is 90.5 Å². The fourth-order valence-corrected chi connectivity index (χ4v) is 1.44. The quantitative estimate of drug-likeness (QED) is 0.734. The van der Waals surface area contributed by atoms with E-state index in [-0.39, 0.29) is 12.2 Å². The highest BCUT2D eigenvalue weighted by Crippen LogP contribution is 2.05. The van der Waals surface area contributed by atoms with Crippen LogP contribution in [-0.2, 0) is 23.1 Å². The van der Waals surface area contributed by atoms with Gasteiger partial charge >= 0.3 is 11.7 Å². The van der Waals surface area contributed by atoms with Gasteiger partial charge in [-0.05, 0) is 13.3 Å². The van der Waals surface area contributed by atoms with Crippen molar-refractivity contribution >= 4 is 5.97 Å². The maximum atomic E-state index is 11.8. The zero-order chi connectivity index (χ0) is 13.9. The number of rotatable bonds is 4. The summed E-state index contributed by atoms with van der Waals surface area (Å²) in [4.78, 5) is 34.9. The van der Waals surface area contributed by atoms with Crippen molar-refractivity contribution in [2.75, 3.05) is 6.61 Å². The predicted octanol–water partition coefficient (Wildman–Crippen LogP) is -0.486. The maximum Gasteiger partial charge on any atom is 0.334 e. The van der Waals surface area contributed by atoms with Gasteiger partial charge in [0.1, 0.15) is 6.54 Å². The van der Waals surface area contributed by atoms with Crippen molar-refractivity contribution < 1.29 is 14.6 Å². The maximum absolute atomic E-state index is 11.8. The number of ether oxygens (including phenoxy) is 1. The Hall–Kier alpha value is -2.05. The smallest absolute Gasteiger partial charge is 0.334 e. The molecular formula is C11H16N2O5.